The van der Waals surface area contributed by atoms with Crippen molar-refractivity contribution in [2.75, 3.05) is 5.32 Å². The number of hydrogen-bond acceptors (Lipinski definition) is 2. The van der Waals surface area contributed by atoms with Crippen LogP contribution in [0.25, 0.3) is 11.8 Å². The van der Waals surface area contributed by atoms with Gasteiger partial charge in [0, 0.05) is 17.1 Å². The SMILES string of the molecule is Cc1cc(/C=C(/C#N)C(=O)Nc2ccccc2Cl)c(C)n1-c1ccc(F)c(Cl)c1. The molecule has 0 unspecified atom stereocenters. The summed E-state index contributed by atoms with van der Waals surface area (Å²) in [6.07, 6.45) is 1.51. The number of benzene rings is 2. The monoisotopic (exact) mass is 427 g/mol. The second-order valence-corrected chi connectivity index (χ2v) is 7.18. The number of aryl methyl sites for hydroxylation is 1. The maximum absolute atomic E-state index is 13.5. The molecule has 0 saturated heterocycles. The fraction of sp³-hybridized carbons (Fsp3) is 0.0909. The lowest BCUT2D eigenvalue weighted by Gasteiger charge is -2.10. The van der Waals surface area contributed by atoms with Crippen molar-refractivity contribution in [1.29, 1.82) is 5.26 Å². The summed E-state index contributed by atoms with van der Waals surface area (Å²) in [6.45, 7) is 3.72. The molecule has 1 N–H and O–H groups in total. The van der Waals surface area contributed by atoms with Crippen LogP contribution in [0.4, 0.5) is 10.1 Å². The number of halogens is 3. The van der Waals surface area contributed by atoms with E-state index >= 15 is 0 Å². The average molecular weight is 428 g/mol. The number of amides is 1. The molecule has 0 bridgehead atoms. The molecule has 3 aromatic rings. The third kappa shape index (κ3) is 4.34. The van der Waals surface area contributed by atoms with Crippen molar-refractivity contribution in [1.82, 2.24) is 4.57 Å². The molecule has 1 heterocycles. The summed E-state index contributed by atoms with van der Waals surface area (Å²) < 4.78 is 15.4. The van der Waals surface area contributed by atoms with E-state index in [4.69, 9.17) is 23.2 Å². The second-order valence-electron chi connectivity index (χ2n) is 6.36. The van der Waals surface area contributed by atoms with E-state index in [2.05, 4.69) is 5.32 Å². The summed E-state index contributed by atoms with van der Waals surface area (Å²) in [7, 11) is 0. The molecule has 146 valence electrons. The molecule has 0 saturated carbocycles. The molecule has 4 nitrogen and oxygen atoms in total. The molecule has 0 radical (unpaired) electrons. The number of nitriles is 1. The molecule has 1 amide bonds. The predicted octanol–water partition coefficient (Wildman–Crippen LogP) is 6.09. The summed E-state index contributed by atoms with van der Waals surface area (Å²) in [5.74, 6) is -1.06. The van der Waals surface area contributed by atoms with Gasteiger partial charge < -0.3 is 9.88 Å². The van der Waals surface area contributed by atoms with E-state index < -0.39 is 11.7 Å². The molecule has 2 aromatic carbocycles. The standard InChI is InChI=1S/C22H16Cl2FN3O/c1-13-9-15(14(2)28(13)17-7-8-20(25)19(24)11-17)10-16(12-26)22(29)27-21-6-4-3-5-18(21)23/h3-11H,1-2H3,(H,27,29)/b16-10-. The Bertz CT molecular complexity index is 1180. The largest absolute Gasteiger partial charge is 0.320 e. The molecule has 0 aliphatic heterocycles. The van der Waals surface area contributed by atoms with E-state index in [-0.39, 0.29) is 10.6 Å². The van der Waals surface area contributed by atoms with Crippen molar-refractivity contribution in [3.8, 4) is 11.8 Å². The lowest BCUT2D eigenvalue weighted by atomic mass is 10.1. The van der Waals surface area contributed by atoms with Crippen LogP contribution in [0.2, 0.25) is 10.0 Å². The number of hydrogen-bond donors (Lipinski definition) is 1. The zero-order chi connectivity index (χ0) is 21.1. The minimum absolute atomic E-state index is 0.0175. The first-order chi connectivity index (χ1) is 13.8. The maximum Gasteiger partial charge on any atom is 0.266 e. The van der Waals surface area contributed by atoms with Crippen molar-refractivity contribution in [2.24, 2.45) is 0 Å². The lowest BCUT2D eigenvalue weighted by molar-refractivity contribution is -0.112. The molecule has 1 aromatic heterocycles. The van der Waals surface area contributed by atoms with Gasteiger partial charge in [-0.2, -0.15) is 5.26 Å². The van der Waals surface area contributed by atoms with Crippen molar-refractivity contribution < 1.29 is 9.18 Å². The van der Waals surface area contributed by atoms with Gasteiger partial charge in [0.05, 0.1) is 15.7 Å². The first-order valence-corrected chi connectivity index (χ1v) is 9.39. The first kappa shape index (κ1) is 20.7. The van der Waals surface area contributed by atoms with Crippen molar-refractivity contribution in [2.45, 2.75) is 13.8 Å². The summed E-state index contributed by atoms with van der Waals surface area (Å²) in [5, 5.41) is 12.5. The van der Waals surface area contributed by atoms with Gasteiger partial charge in [-0.25, -0.2) is 4.39 Å². The number of aromatic nitrogens is 1. The van der Waals surface area contributed by atoms with Gasteiger partial charge in [0.1, 0.15) is 17.5 Å². The van der Waals surface area contributed by atoms with Crippen LogP contribution < -0.4 is 5.32 Å². The Morgan fingerprint density at radius 3 is 2.52 bits per heavy atom. The van der Waals surface area contributed by atoms with Crippen LogP contribution >= 0.6 is 23.2 Å². The van der Waals surface area contributed by atoms with Crippen LogP contribution in [0.5, 0.6) is 0 Å². The van der Waals surface area contributed by atoms with Crippen LogP contribution in [-0.2, 0) is 4.79 Å². The second kappa shape index (κ2) is 8.52. The molecule has 0 spiro atoms. The van der Waals surface area contributed by atoms with Gasteiger partial charge in [-0.1, -0.05) is 35.3 Å². The Kier molecular flexibility index (Phi) is 6.07. The lowest BCUT2D eigenvalue weighted by Crippen LogP contribution is -2.13. The van der Waals surface area contributed by atoms with E-state index in [1.165, 1.54) is 18.2 Å². The van der Waals surface area contributed by atoms with Crippen LogP contribution in [0.3, 0.4) is 0 Å². The van der Waals surface area contributed by atoms with Gasteiger partial charge in [0.25, 0.3) is 5.91 Å². The topological polar surface area (TPSA) is 57.8 Å². The van der Waals surface area contributed by atoms with Gasteiger partial charge in [0.15, 0.2) is 0 Å². The molecule has 7 heteroatoms. The van der Waals surface area contributed by atoms with Crippen molar-refractivity contribution >= 4 is 40.9 Å². The summed E-state index contributed by atoms with van der Waals surface area (Å²) in [6, 6.07) is 15.0. The number of para-hydroxylation sites is 1. The molecule has 0 atom stereocenters. The molecule has 0 aliphatic carbocycles. The predicted molar refractivity (Wildman–Crippen MR) is 114 cm³/mol. The minimum Gasteiger partial charge on any atom is -0.320 e. The maximum atomic E-state index is 13.5. The van der Waals surface area contributed by atoms with Gasteiger partial charge in [0.2, 0.25) is 0 Å². The molecule has 0 fully saturated rings. The fourth-order valence-corrected chi connectivity index (χ4v) is 3.37. The van der Waals surface area contributed by atoms with Gasteiger partial charge >= 0.3 is 0 Å². The number of carbonyl (C=O) groups excluding carboxylic acids is 1. The Labute approximate surface area is 177 Å². The number of nitrogens with zero attached hydrogens (tertiary/aromatic N) is 2. The van der Waals surface area contributed by atoms with E-state index in [1.54, 1.807) is 30.3 Å². The third-order valence-electron chi connectivity index (χ3n) is 4.42. The smallest absolute Gasteiger partial charge is 0.266 e. The molecule has 29 heavy (non-hydrogen) atoms. The fourth-order valence-electron chi connectivity index (χ4n) is 3.01. The zero-order valence-corrected chi connectivity index (χ0v) is 17.1. The molecular weight excluding hydrogens is 412 g/mol. The van der Waals surface area contributed by atoms with Crippen LogP contribution in [0.15, 0.2) is 54.1 Å². The normalized spacial score (nSPS) is 11.2. The molecule has 0 aliphatic rings. The van der Waals surface area contributed by atoms with Gasteiger partial charge in [-0.3, -0.25) is 4.79 Å². The Morgan fingerprint density at radius 2 is 1.86 bits per heavy atom. The highest BCUT2D eigenvalue weighted by Crippen LogP contribution is 2.26. The molecule has 3 rings (SSSR count). The minimum atomic E-state index is -0.560. The number of nitrogens with one attached hydrogen (secondary N) is 1. The van der Waals surface area contributed by atoms with Gasteiger partial charge in [-0.05, 0) is 61.9 Å². The van der Waals surface area contributed by atoms with Crippen LogP contribution in [-0.4, -0.2) is 10.5 Å². The van der Waals surface area contributed by atoms with E-state index in [1.807, 2.05) is 30.6 Å². The Morgan fingerprint density at radius 1 is 1.14 bits per heavy atom. The third-order valence-corrected chi connectivity index (χ3v) is 5.04. The molecular formula is C22H16Cl2FN3O. The summed E-state index contributed by atoms with van der Waals surface area (Å²) >= 11 is 12.0. The van der Waals surface area contributed by atoms with Gasteiger partial charge in [-0.15, -0.1) is 0 Å². The summed E-state index contributed by atoms with van der Waals surface area (Å²) in [5.41, 5.74) is 3.36. The number of rotatable bonds is 4. The Balaban J connectivity index is 1.96. The number of anilines is 1. The highest BCUT2D eigenvalue weighted by atomic mass is 35.5. The first-order valence-electron chi connectivity index (χ1n) is 8.64. The van der Waals surface area contributed by atoms with Crippen molar-refractivity contribution in [3.05, 3.63) is 86.9 Å². The quantitative estimate of drug-likeness (QED) is 0.404. The Hall–Kier alpha value is -3.07. The van der Waals surface area contributed by atoms with E-state index in [0.717, 1.165) is 11.4 Å². The van der Waals surface area contributed by atoms with Crippen molar-refractivity contribution in [3.63, 3.8) is 0 Å². The number of carbonyl (C=O) groups is 1. The highest BCUT2D eigenvalue weighted by molar-refractivity contribution is 6.34. The highest BCUT2D eigenvalue weighted by Gasteiger charge is 2.15. The van der Waals surface area contributed by atoms with Crippen LogP contribution in [0.1, 0.15) is 17.0 Å². The average Bonchev–Trinajstić information content (AvgIpc) is 2.97. The van der Waals surface area contributed by atoms with E-state index in [0.29, 0.717) is 22.0 Å². The zero-order valence-electron chi connectivity index (χ0n) is 15.6. The summed E-state index contributed by atoms with van der Waals surface area (Å²) in [4.78, 5) is 12.5. The van der Waals surface area contributed by atoms with Crippen LogP contribution in [0, 0.1) is 31.0 Å². The van der Waals surface area contributed by atoms with E-state index in [9.17, 15) is 14.4 Å².